The number of aromatic nitrogens is 1. The third kappa shape index (κ3) is 2.10. The van der Waals surface area contributed by atoms with Crippen molar-refractivity contribution in [3.05, 3.63) is 35.9 Å². The smallest absolute Gasteiger partial charge is 0.310 e. The Labute approximate surface area is 91.4 Å². The fourth-order valence-electron chi connectivity index (χ4n) is 1.41. The van der Waals surface area contributed by atoms with Crippen LogP contribution in [0.3, 0.4) is 0 Å². The number of ether oxygens (including phenoxy) is 1. The largest absolute Gasteiger partial charge is 0.461 e. The van der Waals surface area contributed by atoms with Crippen LogP contribution in [0.2, 0.25) is 0 Å². The van der Waals surface area contributed by atoms with Crippen molar-refractivity contribution in [2.45, 2.75) is 6.42 Å². The highest BCUT2D eigenvalue weighted by Gasteiger charge is 2.09. The minimum absolute atomic E-state index is 0.220. The van der Waals surface area contributed by atoms with Crippen LogP contribution >= 0.6 is 11.3 Å². The minimum Gasteiger partial charge on any atom is -0.461 e. The number of hydrogen-bond donors (Lipinski definition) is 1. The number of aromatic amines is 1. The fraction of sp³-hybridized carbons (Fsp3) is 0.182. The standard InChI is InChI=1S/C11H11NO2S/c1-2-4-14-10(13)6-8-7-12-11-9(8)3-5-15-11/h2-3,5,7,12H,1,4,6H2. The Balaban J connectivity index is 2.09. The molecule has 0 aliphatic rings. The monoisotopic (exact) mass is 221 g/mol. The van der Waals surface area contributed by atoms with E-state index < -0.39 is 0 Å². The van der Waals surface area contributed by atoms with Gasteiger partial charge in [0.05, 0.1) is 11.3 Å². The van der Waals surface area contributed by atoms with Crippen molar-refractivity contribution in [2.24, 2.45) is 0 Å². The van der Waals surface area contributed by atoms with E-state index in [1.165, 1.54) is 0 Å². The molecule has 3 nitrogen and oxygen atoms in total. The van der Waals surface area contributed by atoms with Gasteiger partial charge in [-0.2, -0.15) is 0 Å². The second-order valence-corrected chi connectivity index (χ2v) is 4.04. The molecular formula is C11H11NO2S. The van der Waals surface area contributed by atoms with Gasteiger partial charge >= 0.3 is 5.97 Å². The summed E-state index contributed by atoms with van der Waals surface area (Å²) in [7, 11) is 0. The number of esters is 1. The van der Waals surface area contributed by atoms with E-state index in [-0.39, 0.29) is 12.6 Å². The van der Waals surface area contributed by atoms with Crippen LogP contribution in [-0.4, -0.2) is 17.6 Å². The van der Waals surface area contributed by atoms with Gasteiger partial charge in [0.1, 0.15) is 6.61 Å². The maximum Gasteiger partial charge on any atom is 0.310 e. The Morgan fingerprint density at radius 1 is 1.67 bits per heavy atom. The van der Waals surface area contributed by atoms with Crippen LogP contribution < -0.4 is 0 Å². The van der Waals surface area contributed by atoms with Crippen LogP contribution in [0.25, 0.3) is 10.2 Å². The maximum atomic E-state index is 11.4. The SMILES string of the molecule is C=CCOC(=O)Cc1c[nH]c2sccc12. The van der Waals surface area contributed by atoms with Crippen LogP contribution in [0.15, 0.2) is 30.3 Å². The zero-order chi connectivity index (χ0) is 10.7. The quantitative estimate of drug-likeness (QED) is 0.636. The summed E-state index contributed by atoms with van der Waals surface area (Å²) in [5, 5.41) is 3.11. The van der Waals surface area contributed by atoms with Gasteiger partial charge in [-0.05, 0) is 17.0 Å². The van der Waals surface area contributed by atoms with Gasteiger partial charge in [-0.1, -0.05) is 12.7 Å². The van der Waals surface area contributed by atoms with Crippen LogP contribution in [0.5, 0.6) is 0 Å². The average Bonchev–Trinajstić information content (AvgIpc) is 2.80. The highest BCUT2D eigenvalue weighted by atomic mass is 32.1. The molecule has 0 aliphatic carbocycles. The summed E-state index contributed by atoms with van der Waals surface area (Å²) < 4.78 is 4.92. The van der Waals surface area contributed by atoms with E-state index >= 15 is 0 Å². The highest BCUT2D eigenvalue weighted by Crippen LogP contribution is 2.23. The topological polar surface area (TPSA) is 42.1 Å². The molecule has 0 amide bonds. The second kappa shape index (κ2) is 4.31. The van der Waals surface area contributed by atoms with Crippen molar-refractivity contribution in [3.8, 4) is 0 Å². The molecule has 78 valence electrons. The molecule has 0 spiro atoms. The van der Waals surface area contributed by atoms with Crippen LogP contribution in [-0.2, 0) is 16.0 Å². The first-order valence-electron chi connectivity index (χ1n) is 4.61. The van der Waals surface area contributed by atoms with Gasteiger partial charge in [-0.15, -0.1) is 11.3 Å². The van der Waals surface area contributed by atoms with E-state index in [0.717, 1.165) is 15.8 Å². The molecule has 0 bridgehead atoms. The van der Waals surface area contributed by atoms with Crippen LogP contribution in [0.4, 0.5) is 0 Å². The normalized spacial score (nSPS) is 10.4. The first-order valence-corrected chi connectivity index (χ1v) is 5.49. The Morgan fingerprint density at radius 2 is 2.53 bits per heavy atom. The van der Waals surface area contributed by atoms with Gasteiger partial charge in [0.25, 0.3) is 0 Å². The van der Waals surface area contributed by atoms with Gasteiger partial charge in [0.2, 0.25) is 0 Å². The maximum absolute atomic E-state index is 11.4. The molecule has 0 radical (unpaired) electrons. The summed E-state index contributed by atoms with van der Waals surface area (Å²) in [6.07, 6.45) is 3.73. The molecule has 15 heavy (non-hydrogen) atoms. The molecule has 2 aromatic heterocycles. The van der Waals surface area contributed by atoms with Crippen molar-refractivity contribution >= 4 is 27.5 Å². The summed E-state index contributed by atoms with van der Waals surface area (Å²) >= 11 is 1.63. The molecule has 1 N–H and O–H groups in total. The summed E-state index contributed by atoms with van der Waals surface area (Å²) in [4.78, 5) is 15.6. The van der Waals surface area contributed by atoms with E-state index in [0.29, 0.717) is 6.42 Å². The number of fused-ring (bicyclic) bond motifs is 1. The lowest BCUT2D eigenvalue weighted by Crippen LogP contribution is -2.07. The first-order chi connectivity index (χ1) is 7.31. The summed E-state index contributed by atoms with van der Waals surface area (Å²) in [6.45, 7) is 3.76. The molecule has 2 aromatic rings. The lowest BCUT2D eigenvalue weighted by atomic mass is 10.2. The van der Waals surface area contributed by atoms with Crippen molar-refractivity contribution in [1.29, 1.82) is 0 Å². The van der Waals surface area contributed by atoms with Crippen LogP contribution in [0.1, 0.15) is 5.56 Å². The van der Waals surface area contributed by atoms with Crippen molar-refractivity contribution < 1.29 is 9.53 Å². The molecule has 0 fully saturated rings. The molecule has 0 atom stereocenters. The van der Waals surface area contributed by atoms with E-state index in [2.05, 4.69) is 11.6 Å². The minimum atomic E-state index is -0.220. The van der Waals surface area contributed by atoms with Gasteiger partial charge in [-0.3, -0.25) is 4.79 Å². The number of thiophene rings is 1. The molecule has 0 saturated carbocycles. The number of rotatable bonds is 4. The Bertz CT molecular complexity index is 483. The van der Waals surface area contributed by atoms with Crippen molar-refractivity contribution in [3.63, 3.8) is 0 Å². The second-order valence-electron chi connectivity index (χ2n) is 3.13. The van der Waals surface area contributed by atoms with Gasteiger partial charge < -0.3 is 9.72 Å². The predicted molar refractivity (Wildman–Crippen MR) is 61.0 cm³/mol. The molecular weight excluding hydrogens is 210 g/mol. The average molecular weight is 221 g/mol. The number of H-pyrrole nitrogens is 1. The Morgan fingerprint density at radius 3 is 3.33 bits per heavy atom. The molecule has 0 aromatic carbocycles. The Hall–Kier alpha value is -1.55. The van der Waals surface area contributed by atoms with E-state index in [4.69, 9.17) is 4.74 Å². The van der Waals surface area contributed by atoms with E-state index in [1.54, 1.807) is 17.4 Å². The number of carbonyl (C=O) groups excluding carboxylic acids is 1. The highest BCUT2D eigenvalue weighted by molar-refractivity contribution is 7.16. The van der Waals surface area contributed by atoms with Gasteiger partial charge in [0.15, 0.2) is 0 Å². The lowest BCUT2D eigenvalue weighted by molar-refractivity contribution is -0.141. The molecule has 0 saturated heterocycles. The number of nitrogens with one attached hydrogen (secondary N) is 1. The number of hydrogen-bond acceptors (Lipinski definition) is 3. The molecule has 0 aliphatic heterocycles. The van der Waals surface area contributed by atoms with Crippen molar-refractivity contribution in [1.82, 2.24) is 4.98 Å². The summed E-state index contributed by atoms with van der Waals surface area (Å²) in [5.41, 5.74) is 0.986. The first kappa shape index (κ1) is 9.98. The third-order valence-corrected chi connectivity index (χ3v) is 2.93. The zero-order valence-corrected chi connectivity index (χ0v) is 8.97. The van der Waals surface area contributed by atoms with Crippen LogP contribution in [0, 0.1) is 0 Å². The molecule has 0 unspecified atom stereocenters. The molecule has 4 heteroatoms. The summed E-state index contributed by atoms with van der Waals surface area (Å²) in [5.74, 6) is -0.220. The molecule has 2 rings (SSSR count). The third-order valence-electron chi connectivity index (χ3n) is 2.09. The number of carbonyl (C=O) groups is 1. The lowest BCUT2D eigenvalue weighted by Gasteiger charge is -1.99. The van der Waals surface area contributed by atoms with Gasteiger partial charge in [-0.25, -0.2) is 0 Å². The van der Waals surface area contributed by atoms with Gasteiger partial charge in [0, 0.05) is 11.6 Å². The molecule has 2 heterocycles. The van der Waals surface area contributed by atoms with Crippen molar-refractivity contribution in [2.75, 3.05) is 6.61 Å². The van der Waals surface area contributed by atoms with E-state index in [1.807, 2.05) is 17.6 Å². The fourth-order valence-corrected chi connectivity index (χ4v) is 2.20. The van der Waals surface area contributed by atoms with E-state index in [9.17, 15) is 4.79 Å². The predicted octanol–water partition coefficient (Wildman–Crippen LogP) is 2.50. The Kier molecular flexibility index (Phi) is 2.87. The zero-order valence-electron chi connectivity index (χ0n) is 8.16. The summed E-state index contributed by atoms with van der Waals surface area (Å²) in [6, 6.07) is 2.01.